The van der Waals surface area contributed by atoms with Crippen molar-refractivity contribution in [3.05, 3.63) is 59.7 Å². The molecule has 1 aliphatic heterocycles. The summed E-state index contributed by atoms with van der Waals surface area (Å²) in [6.07, 6.45) is 1.49. The molecule has 0 spiro atoms. The van der Waals surface area contributed by atoms with Gasteiger partial charge in [0.25, 0.3) is 5.91 Å². The monoisotopic (exact) mass is 327 g/mol. The van der Waals surface area contributed by atoms with E-state index in [1.54, 1.807) is 25.3 Å². The zero-order chi connectivity index (χ0) is 17.0. The van der Waals surface area contributed by atoms with E-state index in [9.17, 15) is 9.90 Å². The number of methoxy groups -OCH3 is 1. The van der Waals surface area contributed by atoms with E-state index in [4.69, 9.17) is 9.47 Å². The zero-order valence-corrected chi connectivity index (χ0v) is 13.6. The molecule has 126 valence electrons. The van der Waals surface area contributed by atoms with Crippen LogP contribution in [0.4, 0.5) is 0 Å². The van der Waals surface area contributed by atoms with Crippen molar-refractivity contribution in [1.82, 2.24) is 5.32 Å². The SMILES string of the molecule is COc1ccc(O)c(CNC(=O)C2(c3ccccc3)CCCO2)c1. The molecule has 5 heteroatoms. The molecule has 2 aromatic rings. The summed E-state index contributed by atoms with van der Waals surface area (Å²) in [5, 5.41) is 12.8. The molecule has 1 amide bonds. The molecule has 1 atom stereocenters. The lowest BCUT2D eigenvalue weighted by Gasteiger charge is -2.27. The third-order valence-corrected chi connectivity index (χ3v) is 4.35. The van der Waals surface area contributed by atoms with Crippen LogP contribution >= 0.6 is 0 Å². The average Bonchev–Trinajstić information content (AvgIpc) is 3.12. The van der Waals surface area contributed by atoms with Gasteiger partial charge in [0.1, 0.15) is 11.5 Å². The van der Waals surface area contributed by atoms with Crippen LogP contribution in [0.15, 0.2) is 48.5 Å². The quantitative estimate of drug-likeness (QED) is 0.886. The van der Waals surface area contributed by atoms with E-state index in [2.05, 4.69) is 5.32 Å². The fraction of sp³-hybridized carbons (Fsp3) is 0.316. The maximum Gasteiger partial charge on any atom is 0.257 e. The number of nitrogens with one attached hydrogen (secondary N) is 1. The Morgan fingerprint density at radius 2 is 2.08 bits per heavy atom. The van der Waals surface area contributed by atoms with Crippen molar-refractivity contribution in [1.29, 1.82) is 0 Å². The number of rotatable bonds is 5. The predicted octanol–water partition coefficient (Wildman–Crippen LogP) is 2.72. The number of aromatic hydroxyl groups is 1. The molecule has 2 N–H and O–H groups in total. The minimum absolute atomic E-state index is 0.122. The van der Waals surface area contributed by atoms with E-state index in [-0.39, 0.29) is 18.2 Å². The highest BCUT2D eigenvalue weighted by Gasteiger charge is 2.44. The Bertz CT molecular complexity index is 709. The zero-order valence-electron chi connectivity index (χ0n) is 13.6. The summed E-state index contributed by atoms with van der Waals surface area (Å²) in [4.78, 5) is 12.9. The first-order valence-corrected chi connectivity index (χ1v) is 7.99. The van der Waals surface area contributed by atoms with Crippen LogP contribution in [0.25, 0.3) is 0 Å². The molecule has 5 nitrogen and oxygen atoms in total. The molecule has 1 unspecified atom stereocenters. The Morgan fingerprint density at radius 1 is 1.29 bits per heavy atom. The molecule has 1 fully saturated rings. The van der Waals surface area contributed by atoms with Crippen molar-refractivity contribution >= 4 is 5.91 Å². The second kappa shape index (κ2) is 6.93. The third-order valence-electron chi connectivity index (χ3n) is 4.35. The van der Waals surface area contributed by atoms with Gasteiger partial charge in [0.15, 0.2) is 5.60 Å². The Balaban J connectivity index is 1.78. The molecule has 24 heavy (non-hydrogen) atoms. The summed E-state index contributed by atoms with van der Waals surface area (Å²) in [7, 11) is 1.56. The minimum Gasteiger partial charge on any atom is -0.508 e. The molecule has 1 heterocycles. The van der Waals surface area contributed by atoms with E-state index < -0.39 is 5.60 Å². The first kappa shape index (κ1) is 16.3. The average molecular weight is 327 g/mol. The van der Waals surface area contributed by atoms with Crippen molar-refractivity contribution in [3.63, 3.8) is 0 Å². The van der Waals surface area contributed by atoms with E-state index in [1.165, 1.54) is 0 Å². The normalized spacial score (nSPS) is 19.9. The second-order valence-electron chi connectivity index (χ2n) is 5.82. The number of hydrogen-bond acceptors (Lipinski definition) is 4. The van der Waals surface area contributed by atoms with Crippen LogP contribution < -0.4 is 10.1 Å². The maximum absolute atomic E-state index is 12.9. The van der Waals surface area contributed by atoms with Gasteiger partial charge < -0.3 is 19.9 Å². The largest absolute Gasteiger partial charge is 0.508 e. The standard InChI is InChI=1S/C19H21NO4/c1-23-16-8-9-17(21)14(12-16)13-20-18(22)19(10-5-11-24-19)15-6-3-2-4-7-15/h2-4,6-9,12,21H,5,10-11,13H2,1H3,(H,20,22). The lowest BCUT2D eigenvalue weighted by Crippen LogP contribution is -2.43. The van der Waals surface area contributed by atoms with Crippen molar-refractivity contribution in [2.45, 2.75) is 25.0 Å². The summed E-state index contributed by atoms with van der Waals surface area (Å²) in [5.74, 6) is 0.567. The van der Waals surface area contributed by atoms with Crippen molar-refractivity contribution in [2.75, 3.05) is 13.7 Å². The van der Waals surface area contributed by atoms with Crippen LogP contribution in [-0.2, 0) is 21.7 Å². The molecule has 2 aromatic carbocycles. The van der Waals surface area contributed by atoms with Gasteiger partial charge in [0.2, 0.25) is 0 Å². The van der Waals surface area contributed by atoms with Crippen LogP contribution in [-0.4, -0.2) is 24.7 Å². The molecule has 3 rings (SSSR count). The number of phenols is 1. The van der Waals surface area contributed by atoms with Crippen LogP contribution in [0.2, 0.25) is 0 Å². The van der Waals surface area contributed by atoms with Gasteiger partial charge in [-0.2, -0.15) is 0 Å². The first-order chi connectivity index (χ1) is 11.7. The number of phenolic OH excluding ortho intramolecular Hbond substituents is 1. The van der Waals surface area contributed by atoms with Crippen LogP contribution in [0.5, 0.6) is 11.5 Å². The Morgan fingerprint density at radius 3 is 2.75 bits per heavy atom. The molecule has 0 bridgehead atoms. The van der Waals surface area contributed by atoms with Crippen LogP contribution in [0.1, 0.15) is 24.0 Å². The highest BCUT2D eigenvalue weighted by Crippen LogP contribution is 2.36. The van der Waals surface area contributed by atoms with E-state index >= 15 is 0 Å². The second-order valence-corrected chi connectivity index (χ2v) is 5.82. The molecule has 0 aromatic heterocycles. The maximum atomic E-state index is 12.9. The minimum atomic E-state index is -0.949. The Hall–Kier alpha value is -2.53. The highest BCUT2D eigenvalue weighted by atomic mass is 16.5. The van der Waals surface area contributed by atoms with Crippen LogP contribution in [0.3, 0.4) is 0 Å². The van der Waals surface area contributed by atoms with Gasteiger partial charge in [-0.15, -0.1) is 0 Å². The van der Waals surface area contributed by atoms with Gasteiger partial charge >= 0.3 is 0 Å². The van der Waals surface area contributed by atoms with Crippen LogP contribution in [0, 0.1) is 0 Å². The van der Waals surface area contributed by atoms with Gasteiger partial charge in [0, 0.05) is 18.7 Å². The predicted molar refractivity (Wildman–Crippen MR) is 89.8 cm³/mol. The fourth-order valence-electron chi connectivity index (χ4n) is 3.03. The smallest absolute Gasteiger partial charge is 0.257 e. The number of ether oxygens (including phenoxy) is 2. The van der Waals surface area contributed by atoms with Crippen molar-refractivity contribution in [2.24, 2.45) is 0 Å². The number of amides is 1. The van der Waals surface area contributed by atoms with Gasteiger partial charge in [-0.1, -0.05) is 30.3 Å². The summed E-state index contributed by atoms with van der Waals surface area (Å²) in [6, 6.07) is 14.5. The number of hydrogen-bond donors (Lipinski definition) is 2. The number of carbonyl (C=O) groups is 1. The summed E-state index contributed by atoms with van der Waals surface area (Å²) in [5.41, 5.74) is 0.509. The van der Waals surface area contributed by atoms with Crippen molar-refractivity contribution < 1.29 is 19.4 Å². The van der Waals surface area contributed by atoms with Gasteiger partial charge in [-0.05, 0) is 36.6 Å². The summed E-state index contributed by atoms with van der Waals surface area (Å²) >= 11 is 0. The molecule has 1 aliphatic rings. The molecular formula is C19H21NO4. The number of benzene rings is 2. The molecule has 0 aliphatic carbocycles. The third kappa shape index (κ3) is 3.08. The van der Waals surface area contributed by atoms with Crippen molar-refractivity contribution in [3.8, 4) is 11.5 Å². The topological polar surface area (TPSA) is 67.8 Å². The van der Waals surface area contributed by atoms with E-state index in [0.717, 1.165) is 12.0 Å². The Labute approximate surface area is 141 Å². The highest BCUT2D eigenvalue weighted by molar-refractivity contribution is 5.87. The summed E-state index contributed by atoms with van der Waals surface area (Å²) in [6.45, 7) is 0.770. The Kier molecular flexibility index (Phi) is 4.71. The number of carbonyl (C=O) groups excluding carboxylic acids is 1. The fourth-order valence-corrected chi connectivity index (χ4v) is 3.03. The lowest BCUT2D eigenvalue weighted by atomic mass is 9.90. The summed E-state index contributed by atoms with van der Waals surface area (Å²) < 4.78 is 11.0. The van der Waals surface area contributed by atoms with Gasteiger partial charge in [-0.3, -0.25) is 4.79 Å². The van der Waals surface area contributed by atoms with E-state index in [0.29, 0.717) is 24.3 Å². The molecule has 1 saturated heterocycles. The molecule has 0 radical (unpaired) electrons. The lowest BCUT2D eigenvalue weighted by molar-refractivity contribution is -0.142. The van der Waals surface area contributed by atoms with E-state index in [1.807, 2.05) is 30.3 Å². The molecule has 0 saturated carbocycles. The first-order valence-electron chi connectivity index (χ1n) is 7.99. The van der Waals surface area contributed by atoms with Gasteiger partial charge in [0.05, 0.1) is 7.11 Å². The van der Waals surface area contributed by atoms with Gasteiger partial charge in [-0.25, -0.2) is 0 Å². The molecular weight excluding hydrogens is 306 g/mol.